The zero-order chi connectivity index (χ0) is 22.8. The number of thioether (sulfide) groups is 3. The topological polar surface area (TPSA) is 35.5 Å². The van der Waals surface area contributed by atoms with Gasteiger partial charge < -0.3 is 9.05 Å². The van der Waals surface area contributed by atoms with Gasteiger partial charge >= 0.3 is 7.60 Å². The summed E-state index contributed by atoms with van der Waals surface area (Å²) in [6.45, 7) is 11.7. The van der Waals surface area contributed by atoms with Gasteiger partial charge in [0.25, 0.3) is 0 Å². The quantitative estimate of drug-likeness (QED) is 0.251. The number of hydrogen-bond donors (Lipinski definition) is 0. The smallest absolute Gasteiger partial charge is 0.307 e. The molecule has 1 fully saturated rings. The molecule has 1 aliphatic rings. The maximum atomic E-state index is 14.7. The van der Waals surface area contributed by atoms with Crippen LogP contribution in [-0.4, -0.2) is 35.6 Å². The highest BCUT2D eigenvalue weighted by Crippen LogP contribution is 2.84. The van der Waals surface area contributed by atoms with Gasteiger partial charge in [-0.3, -0.25) is 4.57 Å². The van der Waals surface area contributed by atoms with Crippen molar-refractivity contribution < 1.29 is 13.6 Å². The van der Waals surface area contributed by atoms with Crippen LogP contribution in [0.4, 0.5) is 0 Å². The Morgan fingerprint density at radius 1 is 0.903 bits per heavy atom. The van der Waals surface area contributed by atoms with Crippen molar-refractivity contribution in [2.24, 2.45) is 0 Å². The van der Waals surface area contributed by atoms with Gasteiger partial charge in [-0.2, -0.15) is 0 Å². The lowest BCUT2D eigenvalue weighted by atomic mass is 9.91. The summed E-state index contributed by atoms with van der Waals surface area (Å²) in [5.74, 6) is 0. The molecule has 8 heteroatoms. The fraction of sp³-hybridized carbons (Fsp3) is 0.478. The minimum atomic E-state index is -3.53. The Kier molecular flexibility index (Phi) is 8.22. The van der Waals surface area contributed by atoms with Gasteiger partial charge in [0.05, 0.1) is 21.3 Å². The van der Waals surface area contributed by atoms with E-state index >= 15 is 0 Å². The van der Waals surface area contributed by atoms with Crippen LogP contribution < -0.4 is 0 Å². The maximum absolute atomic E-state index is 14.7. The highest BCUT2D eigenvalue weighted by molar-refractivity contribution is 8.35. The van der Waals surface area contributed by atoms with E-state index in [9.17, 15) is 4.57 Å². The van der Waals surface area contributed by atoms with Crippen molar-refractivity contribution in [3.63, 3.8) is 0 Å². The predicted octanol–water partition coefficient (Wildman–Crippen LogP) is 7.90. The van der Waals surface area contributed by atoms with Crippen molar-refractivity contribution in [1.82, 2.24) is 0 Å². The normalized spacial score (nSPS) is 23.7. The second-order valence-corrected chi connectivity index (χ2v) is 21.6. The first kappa shape index (κ1) is 25.5. The van der Waals surface area contributed by atoms with Gasteiger partial charge in [-0.25, -0.2) is 0 Å². The van der Waals surface area contributed by atoms with Crippen LogP contribution in [0.25, 0.3) is 0 Å². The molecule has 0 aromatic heterocycles. The maximum Gasteiger partial charge on any atom is 0.358 e. The molecule has 0 spiro atoms. The van der Waals surface area contributed by atoms with Crippen LogP contribution in [0.1, 0.15) is 25.0 Å². The largest absolute Gasteiger partial charge is 0.358 e. The van der Waals surface area contributed by atoms with Gasteiger partial charge in [-0.15, -0.1) is 35.3 Å². The minimum Gasteiger partial charge on any atom is -0.307 e. The van der Waals surface area contributed by atoms with E-state index in [2.05, 4.69) is 74.4 Å². The standard InChI is InChI=1S/C23H33O3PS3Si/c1-7-25-27(24,26-8-2)23(28-3)22(19-15-11-9-12-16-19,20-17-13-10-14-18-20)29-21(30-23)31(4,5)6/h9-18,21H,7-8H2,1-6H3. The first-order valence-corrected chi connectivity index (χ1v) is 18.7. The summed E-state index contributed by atoms with van der Waals surface area (Å²) < 4.78 is 25.9. The van der Waals surface area contributed by atoms with E-state index in [1.807, 2.05) is 49.5 Å². The molecule has 1 saturated heterocycles. The van der Waals surface area contributed by atoms with E-state index in [1.165, 1.54) is 0 Å². The Morgan fingerprint density at radius 2 is 1.35 bits per heavy atom. The van der Waals surface area contributed by atoms with Gasteiger partial charge in [-0.05, 0) is 31.2 Å². The molecular weight excluding hydrogens is 480 g/mol. The Labute approximate surface area is 201 Å². The van der Waals surface area contributed by atoms with Crippen LogP contribution in [-0.2, 0) is 18.4 Å². The lowest BCUT2D eigenvalue weighted by Gasteiger charge is -2.46. The van der Waals surface area contributed by atoms with E-state index < -0.39 is 24.2 Å². The van der Waals surface area contributed by atoms with Crippen molar-refractivity contribution in [3.8, 4) is 0 Å². The van der Waals surface area contributed by atoms with Crippen LogP contribution in [0.2, 0.25) is 19.6 Å². The zero-order valence-electron chi connectivity index (χ0n) is 19.2. The minimum absolute atomic E-state index is 0.328. The molecular formula is C23H33O3PS3Si. The number of benzene rings is 2. The highest BCUT2D eigenvalue weighted by atomic mass is 32.2. The number of hydrogen-bond acceptors (Lipinski definition) is 6. The molecule has 2 unspecified atom stereocenters. The van der Waals surface area contributed by atoms with Crippen molar-refractivity contribution in [2.45, 2.75) is 46.3 Å². The van der Waals surface area contributed by atoms with E-state index in [-0.39, 0.29) is 0 Å². The third kappa shape index (κ3) is 4.36. The Hall–Kier alpha value is -0.143. The summed E-state index contributed by atoms with van der Waals surface area (Å²) in [7, 11) is -5.16. The molecule has 2 aromatic carbocycles. The van der Waals surface area contributed by atoms with Crippen LogP contribution in [0.3, 0.4) is 0 Å². The second kappa shape index (κ2) is 10.0. The Morgan fingerprint density at radius 3 is 1.71 bits per heavy atom. The average molecular weight is 513 g/mol. The molecule has 2 aromatic rings. The Bertz CT molecular complexity index is 858. The van der Waals surface area contributed by atoms with Crippen molar-refractivity contribution >= 4 is 51.0 Å². The lowest BCUT2D eigenvalue weighted by molar-refractivity contribution is 0.213. The van der Waals surface area contributed by atoms with Gasteiger partial charge in [0.2, 0.25) is 0 Å². The summed E-state index contributed by atoms with van der Waals surface area (Å²) >= 11 is 5.41. The van der Waals surface area contributed by atoms with Gasteiger partial charge in [-0.1, -0.05) is 80.3 Å². The molecule has 170 valence electrons. The summed E-state index contributed by atoms with van der Waals surface area (Å²) in [6, 6.07) is 21.0. The zero-order valence-corrected chi connectivity index (χ0v) is 23.5. The molecule has 1 heterocycles. The average Bonchev–Trinajstić information content (AvgIpc) is 3.14. The number of rotatable bonds is 9. The Balaban J connectivity index is 2.42. The van der Waals surface area contributed by atoms with Crippen LogP contribution in [0, 0.1) is 0 Å². The summed E-state index contributed by atoms with van der Waals surface area (Å²) in [5, 5.41) is 0. The predicted molar refractivity (Wildman–Crippen MR) is 143 cm³/mol. The first-order chi connectivity index (χ1) is 14.7. The molecule has 0 N–H and O–H groups in total. The SMILES string of the molecule is CCOP(=O)(OCC)C1(SC)SC([Si](C)(C)C)SC1(c1ccccc1)c1ccccc1. The molecule has 3 nitrogen and oxygen atoms in total. The van der Waals surface area contributed by atoms with Crippen LogP contribution >= 0.6 is 42.9 Å². The highest BCUT2D eigenvalue weighted by Gasteiger charge is 2.72. The third-order valence-corrected chi connectivity index (χ3v) is 20.9. The van der Waals surface area contributed by atoms with Gasteiger partial charge in [0, 0.05) is 4.21 Å². The van der Waals surface area contributed by atoms with Crippen LogP contribution in [0.5, 0.6) is 0 Å². The molecule has 3 rings (SSSR count). The van der Waals surface area contributed by atoms with Crippen LogP contribution in [0.15, 0.2) is 60.7 Å². The van der Waals surface area contributed by atoms with E-state index in [4.69, 9.17) is 9.05 Å². The summed E-state index contributed by atoms with van der Waals surface area (Å²) in [4.78, 5) is 0. The monoisotopic (exact) mass is 512 g/mol. The molecule has 31 heavy (non-hydrogen) atoms. The van der Waals surface area contributed by atoms with Gasteiger partial charge in [0.1, 0.15) is 4.75 Å². The van der Waals surface area contributed by atoms with Crippen molar-refractivity contribution in [2.75, 3.05) is 19.5 Å². The molecule has 1 aliphatic heterocycles. The molecule has 0 bridgehead atoms. The third-order valence-electron chi connectivity index (χ3n) is 5.30. The summed E-state index contributed by atoms with van der Waals surface area (Å²) in [6.07, 6.45) is 2.06. The lowest BCUT2D eigenvalue weighted by Crippen LogP contribution is -2.43. The second-order valence-electron chi connectivity index (χ2n) is 8.47. The molecule has 0 aliphatic carbocycles. The molecule has 0 saturated carbocycles. The van der Waals surface area contributed by atoms with Gasteiger partial charge in [0.15, 0.2) is 3.82 Å². The van der Waals surface area contributed by atoms with Crippen molar-refractivity contribution in [1.29, 1.82) is 0 Å². The fourth-order valence-electron chi connectivity index (χ4n) is 3.96. The van der Waals surface area contributed by atoms with E-state index in [0.717, 1.165) is 11.1 Å². The molecule has 0 amide bonds. The molecule has 2 atom stereocenters. The first-order valence-electron chi connectivity index (χ1n) is 10.6. The molecule has 0 radical (unpaired) electrons. The van der Waals surface area contributed by atoms with Crippen molar-refractivity contribution in [3.05, 3.63) is 71.8 Å². The summed E-state index contributed by atoms with van der Waals surface area (Å²) in [5.41, 5.74) is 2.29. The van der Waals surface area contributed by atoms with E-state index in [0.29, 0.717) is 17.4 Å². The fourth-order valence-corrected chi connectivity index (χ4v) is 18.0. The van der Waals surface area contributed by atoms with E-state index in [1.54, 1.807) is 11.8 Å².